The van der Waals surface area contributed by atoms with E-state index >= 15 is 0 Å². The van der Waals surface area contributed by atoms with Gasteiger partial charge in [-0.05, 0) is 49.8 Å². The van der Waals surface area contributed by atoms with Crippen LogP contribution < -0.4 is 10.2 Å². The van der Waals surface area contributed by atoms with Crippen LogP contribution >= 0.6 is 0 Å². The molecule has 4 nitrogen and oxygen atoms in total. The molecule has 2 aliphatic heterocycles. The zero-order chi connectivity index (χ0) is 13.7. The van der Waals surface area contributed by atoms with Crippen LogP contribution in [0.2, 0.25) is 0 Å². The summed E-state index contributed by atoms with van der Waals surface area (Å²) >= 11 is 0. The lowest BCUT2D eigenvalue weighted by molar-refractivity contribution is -0.112. The van der Waals surface area contributed by atoms with Gasteiger partial charge in [-0.3, -0.25) is 9.59 Å². The first-order valence-electron chi connectivity index (χ1n) is 7.50. The smallest absolute Gasteiger partial charge is 0.296 e. The predicted molar refractivity (Wildman–Crippen MR) is 77.1 cm³/mol. The van der Waals surface area contributed by atoms with Gasteiger partial charge in [-0.25, -0.2) is 0 Å². The van der Waals surface area contributed by atoms with Crippen LogP contribution in [-0.2, 0) is 4.79 Å². The third-order valence-corrected chi connectivity index (χ3v) is 5.03. The van der Waals surface area contributed by atoms with Gasteiger partial charge >= 0.3 is 0 Å². The first kappa shape index (κ1) is 11.9. The first-order valence-corrected chi connectivity index (χ1v) is 7.50. The van der Waals surface area contributed by atoms with E-state index < -0.39 is 11.7 Å². The van der Waals surface area contributed by atoms with Crippen LogP contribution in [0.5, 0.6) is 0 Å². The molecule has 2 unspecified atom stereocenters. The van der Waals surface area contributed by atoms with Gasteiger partial charge in [0.1, 0.15) is 0 Å². The number of carbonyl (C=O) groups excluding carboxylic acids is 2. The number of nitrogens with zero attached hydrogens (tertiary/aromatic N) is 1. The maximum atomic E-state index is 11.6. The number of Topliss-reactive ketones (excluding diaryl/α,β-unsaturated/α-hetero) is 1. The Balaban J connectivity index is 1.68. The number of piperidine rings is 1. The number of carbonyl (C=O) groups is 2. The number of hydrogen-bond acceptors (Lipinski definition) is 3. The average Bonchev–Trinajstić information content (AvgIpc) is 3.04. The van der Waals surface area contributed by atoms with E-state index in [1.54, 1.807) is 6.07 Å². The van der Waals surface area contributed by atoms with Crippen LogP contribution in [0.1, 0.15) is 42.5 Å². The molecule has 2 atom stereocenters. The largest absolute Gasteiger partial charge is 0.368 e. The highest BCUT2D eigenvalue weighted by Crippen LogP contribution is 2.40. The number of nitrogens with one attached hydrogen (secondary N) is 1. The molecule has 1 aliphatic carbocycles. The molecule has 20 heavy (non-hydrogen) atoms. The van der Waals surface area contributed by atoms with Crippen molar-refractivity contribution in [2.24, 2.45) is 5.92 Å². The molecule has 0 aromatic heterocycles. The van der Waals surface area contributed by atoms with Gasteiger partial charge in [-0.2, -0.15) is 0 Å². The first-order chi connectivity index (χ1) is 9.74. The molecule has 2 fully saturated rings. The summed E-state index contributed by atoms with van der Waals surface area (Å²) in [6.07, 6.45) is 6.53. The molecule has 3 aliphatic rings. The zero-order valence-electron chi connectivity index (χ0n) is 11.4. The van der Waals surface area contributed by atoms with E-state index in [4.69, 9.17) is 0 Å². The van der Waals surface area contributed by atoms with E-state index in [0.717, 1.165) is 18.2 Å². The van der Waals surface area contributed by atoms with Crippen molar-refractivity contribution in [3.63, 3.8) is 0 Å². The minimum absolute atomic E-state index is 0.413. The van der Waals surface area contributed by atoms with E-state index in [1.165, 1.54) is 32.1 Å². The molecule has 1 saturated carbocycles. The number of fused-ring (bicyclic) bond motifs is 2. The van der Waals surface area contributed by atoms with Crippen molar-refractivity contribution < 1.29 is 9.59 Å². The lowest BCUT2D eigenvalue weighted by Crippen LogP contribution is -2.42. The Hall–Kier alpha value is -1.84. The van der Waals surface area contributed by atoms with Gasteiger partial charge in [0.25, 0.3) is 11.7 Å². The second kappa shape index (κ2) is 4.33. The van der Waals surface area contributed by atoms with Gasteiger partial charge in [0.15, 0.2) is 0 Å². The maximum absolute atomic E-state index is 11.6. The standard InChI is InChI=1S/C16H18N2O2/c19-15-12-7-6-11(9-13(12)17-16(15)20)18-8-2-4-10-3-1-5-14(10)18/h6-7,9-10,14H,1-5,8H2,(H,17,19,20). The number of benzene rings is 1. The third-order valence-electron chi connectivity index (χ3n) is 5.03. The molecule has 0 radical (unpaired) electrons. The molecule has 1 aromatic carbocycles. The number of anilines is 2. The van der Waals surface area contributed by atoms with Gasteiger partial charge in [-0.1, -0.05) is 6.42 Å². The molecule has 4 heteroatoms. The number of rotatable bonds is 1. The van der Waals surface area contributed by atoms with Crippen LogP contribution in [0.15, 0.2) is 18.2 Å². The van der Waals surface area contributed by atoms with Crippen molar-refractivity contribution in [2.45, 2.75) is 38.1 Å². The molecule has 1 amide bonds. The molecule has 0 spiro atoms. The molecule has 1 saturated heterocycles. The maximum Gasteiger partial charge on any atom is 0.296 e. The van der Waals surface area contributed by atoms with Gasteiger partial charge < -0.3 is 10.2 Å². The number of hydrogen-bond donors (Lipinski definition) is 1. The van der Waals surface area contributed by atoms with Crippen LogP contribution in [0, 0.1) is 5.92 Å². The monoisotopic (exact) mass is 270 g/mol. The molecule has 2 heterocycles. The summed E-state index contributed by atoms with van der Waals surface area (Å²) in [5, 5.41) is 2.67. The van der Waals surface area contributed by atoms with E-state index in [-0.39, 0.29) is 0 Å². The van der Waals surface area contributed by atoms with E-state index in [0.29, 0.717) is 17.3 Å². The Morgan fingerprint density at radius 2 is 1.95 bits per heavy atom. The predicted octanol–water partition coefficient (Wildman–Crippen LogP) is 2.59. The Bertz CT molecular complexity index is 596. The number of ketones is 1. The van der Waals surface area contributed by atoms with E-state index in [1.807, 2.05) is 12.1 Å². The lowest BCUT2D eigenvalue weighted by Gasteiger charge is -2.39. The second-order valence-electron chi connectivity index (χ2n) is 6.11. The van der Waals surface area contributed by atoms with Crippen molar-refractivity contribution in [3.8, 4) is 0 Å². The summed E-state index contributed by atoms with van der Waals surface area (Å²) in [6, 6.07) is 6.41. The molecule has 104 valence electrons. The van der Waals surface area contributed by atoms with Crippen molar-refractivity contribution in [2.75, 3.05) is 16.8 Å². The topological polar surface area (TPSA) is 49.4 Å². The highest BCUT2D eigenvalue weighted by molar-refractivity contribution is 6.51. The van der Waals surface area contributed by atoms with Crippen LogP contribution in [0.3, 0.4) is 0 Å². The minimum Gasteiger partial charge on any atom is -0.368 e. The summed E-state index contributed by atoms with van der Waals surface area (Å²) in [4.78, 5) is 25.6. The van der Waals surface area contributed by atoms with Gasteiger partial charge in [0.05, 0.1) is 11.3 Å². The van der Waals surface area contributed by atoms with Crippen molar-refractivity contribution in [1.82, 2.24) is 0 Å². The summed E-state index contributed by atoms with van der Waals surface area (Å²) in [5.41, 5.74) is 2.34. The molecular formula is C16H18N2O2. The minimum atomic E-state index is -0.505. The third kappa shape index (κ3) is 1.67. The summed E-state index contributed by atoms with van der Waals surface area (Å²) in [6.45, 7) is 1.09. The lowest BCUT2D eigenvalue weighted by atomic mass is 9.91. The Kier molecular flexibility index (Phi) is 2.59. The molecule has 0 bridgehead atoms. The molecule has 1 aromatic rings. The van der Waals surface area contributed by atoms with Gasteiger partial charge in [0.2, 0.25) is 0 Å². The average molecular weight is 270 g/mol. The van der Waals surface area contributed by atoms with E-state index in [9.17, 15) is 9.59 Å². The van der Waals surface area contributed by atoms with Gasteiger partial charge in [0, 0.05) is 18.3 Å². The zero-order valence-corrected chi connectivity index (χ0v) is 11.4. The van der Waals surface area contributed by atoms with Crippen molar-refractivity contribution >= 4 is 23.1 Å². The van der Waals surface area contributed by atoms with Gasteiger partial charge in [-0.15, -0.1) is 0 Å². The summed E-state index contributed by atoms with van der Waals surface area (Å²) in [5.74, 6) is -0.0910. The Labute approximate surface area is 118 Å². The van der Waals surface area contributed by atoms with E-state index in [2.05, 4.69) is 10.2 Å². The Morgan fingerprint density at radius 3 is 2.85 bits per heavy atom. The SMILES string of the molecule is O=C1Nc2cc(N3CCCC4CCCC43)ccc2C1=O. The molecule has 4 rings (SSSR count). The van der Waals surface area contributed by atoms with Crippen LogP contribution in [0.25, 0.3) is 0 Å². The highest BCUT2D eigenvalue weighted by Gasteiger charge is 2.36. The fourth-order valence-corrected chi connectivity index (χ4v) is 4.09. The second-order valence-corrected chi connectivity index (χ2v) is 6.11. The highest BCUT2D eigenvalue weighted by atomic mass is 16.2. The number of amides is 1. The fourth-order valence-electron chi connectivity index (χ4n) is 4.09. The fraction of sp³-hybridized carbons (Fsp3) is 0.500. The summed E-state index contributed by atoms with van der Waals surface area (Å²) < 4.78 is 0. The quantitative estimate of drug-likeness (QED) is 0.798. The normalized spacial score (nSPS) is 28.3. The van der Waals surface area contributed by atoms with Crippen LogP contribution in [-0.4, -0.2) is 24.3 Å². The summed E-state index contributed by atoms with van der Waals surface area (Å²) in [7, 11) is 0. The van der Waals surface area contributed by atoms with Crippen molar-refractivity contribution in [3.05, 3.63) is 23.8 Å². The molecule has 1 N–H and O–H groups in total. The Morgan fingerprint density at radius 1 is 1.10 bits per heavy atom. The van der Waals surface area contributed by atoms with Crippen molar-refractivity contribution in [1.29, 1.82) is 0 Å². The molecular weight excluding hydrogens is 252 g/mol. The van der Waals surface area contributed by atoms with Crippen LogP contribution in [0.4, 0.5) is 11.4 Å².